The highest BCUT2D eigenvalue weighted by Gasteiger charge is 2.24. The van der Waals surface area contributed by atoms with E-state index in [0.29, 0.717) is 5.56 Å². The zero-order chi connectivity index (χ0) is 19.3. The molecule has 0 spiro atoms. The second-order valence-electron chi connectivity index (χ2n) is 6.45. The summed E-state index contributed by atoms with van der Waals surface area (Å²) in [6.45, 7) is 1.51. The predicted octanol–water partition coefficient (Wildman–Crippen LogP) is 2.46. The fourth-order valence-electron chi connectivity index (χ4n) is 3.32. The number of piperidine rings is 1. The summed E-state index contributed by atoms with van der Waals surface area (Å²) in [5.74, 6) is 6.32. The van der Waals surface area contributed by atoms with Crippen LogP contribution in [0, 0.1) is 23.2 Å². The molecule has 3 aromatic heterocycles. The van der Waals surface area contributed by atoms with E-state index in [9.17, 15) is 5.26 Å². The third-order valence-corrected chi connectivity index (χ3v) is 5.67. The summed E-state index contributed by atoms with van der Waals surface area (Å²) in [4.78, 5) is 7.56. The molecule has 0 aliphatic carbocycles. The van der Waals surface area contributed by atoms with Gasteiger partial charge in [-0.05, 0) is 31.0 Å². The summed E-state index contributed by atoms with van der Waals surface area (Å²) < 4.78 is 1.94. The van der Waals surface area contributed by atoms with Crippen LogP contribution in [0.25, 0.3) is 10.6 Å². The van der Waals surface area contributed by atoms with Gasteiger partial charge in [0.05, 0.1) is 22.7 Å². The number of hydrogen-bond donors (Lipinski definition) is 1. The maximum atomic E-state index is 9.28. The molecule has 0 bridgehead atoms. The molecule has 28 heavy (non-hydrogen) atoms. The van der Waals surface area contributed by atoms with Gasteiger partial charge in [0.2, 0.25) is 0 Å². The van der Waals surface area contributed by atoms with E-state index in [0.717, 1.165) is 47.9 Å². The SMILES string of the molecule is N#Cc1cccnc1N1CCC(n2cc(-c3cc(C#CCO)cs3)nn2)CC1. The van der Waals surface area contributed by atoms with Crippen molar-refractivity contribution in [2.45, 2.75) is 18.9 Å². The van der Waals surface area contributed by atoms with Crippen molar-refractivity contribution in [2.24, 2.45) is 0 Å². The van der Waals surface area contributed by atoms with Gasteiger partial charge in [-0.2, -0.15) is 5.26 Å². The second kappa shape index (κ2) is 8.22. The van der Waals surface area contributed by atoms with E-state index in [1.165, 1.54) is 0 Å². The van der Waals surface area contributed by atoms with Gasteiger partial charge in [-0.3, -0.25) is 0 Å². The molecular weight excluding hydrogens is 372 g/mol. The van der Waals surface area contributed by atoms with Crippen molar-refractivity contribution in [1.82, 2.24) is 20.0 Å². The Labute approximate surface area is 166 Å². The Morgan fingerprint density at radius 1 is 1.32 bits per heavy atom. The van der Waals surface area contributed by atoms with E-state index >= 15 is 0 Å². The van der Waals surface area contributed by atoms with Crippen LogP contribution in [-0.4, -0.2) is 44.8 Å². The smallest absolute Gasteiger partial charge is 0.146 e. The lowest BCUT2D eigenvalue weighted by Gasteiger charge is -2.32. The molecule has 1 fully saturated rings. The van der Waals surface area contributed by atoms with Gasteiger partial charge >= 0.3 is 0 Å². The minimum atomic E-state index is -0.144. The lowest BCUT2D eigenvalue weighted by Crippen LogP contribution is -2.35. The third kappa shape index (κ3) is 3.74. The molecule has 1 aliphatic heterocycles. The Morgan fingerprint density at radius 2 is 2.18 bits per heavy atom. The van der Waals surface area contributed by atoms with Crippen molar-refractivity contribution in [3.05, 3.63) is 47.1 Å². The summed E-state index contributed by atoms with van der Waals surface area (Å²) in [7, 11) is 0. The van der Waals surface area contributed by atoms with E-state index < -0.39 is 0 Å². The normalized spacial score (nSPS) is 14.4. The van der Waals surface area contributed by atoms with E-state index in [4.69, 9.17) is 5.11 Å². The molecule has 140 valence electrons. The second-order valence-corrected chi connectivity index (χ2v) is 7.36. The molecule has 0 atom stereocenters. The Balaban J connectivity index is 1.43. The van der Waals surface area contributed by atoms with Crippen LogP contribution in [0.15, 0.2) is 36.0 Å². The van der Waals surface area contributed by atoms with Crippen molar-refractivity contribution < 1.29 is 5.11 Å². The standard InChI is InChI=1S/C20H18N6OS/c21-12-16-4-1-7-22-20(16)25-8-5-17(6-9-25)26-13-18(23-24-26)19-11-15(14-28-19)3-2-10-27/h1,4,7,11,13-14,17,27H,5-6,8-10H2. The summed E-state index contributed by atoms with van der Waals surface area (Å²) in [6.07, 6.45) is 5.55. The van der Waals surface area contributed by atoms with E-state index in [2.05, 4.69) is 38.1 Å². The number of hydrogen-bond acceptors (Lipinski definition) is 7. The van der Waals surface area contributed by atoms with Crippen molar-refractivity contribution in [2.75, 3.05) is 24.6 Å². The summed E-state index contributed by atoms with van der Waals surface area (Å²) in [5, 5.41) is 28.7. The molecule has 0 radical (unpaired) electrons. The van der Waals surface area contributed by atoms with Crippen LogP contribution in [0.3, 0.4) is 0 Å². The molecule has 0 aromatic carbocycles. The Morgan fingerprint density at radius 3 is 2.96 bits per heavy atom. The highest BCUT2D eigenvalue weighted by atomic mass is 32.1. The fraction of sp³-hybridized carbons (Fsp3) is 0.300. The van der Waals surface area contributed by atoms with Crippen LogP contribution in [0.1, 0.15) is 30.0 Å². The maximum Gasteiger partial charge on any atom is 0.146 e. The van der Waals surface area contributed by atoms with Crippen LogP contribution in [0.5, 0.6) is 0 Å². The first-order valence-corrected chi connectivity index (χ1v) is 9.87. The summed E-state index contributed by atoms with van der Waals surface area (Å²) in [6, 6.07) is 8.06. The molecule has 0 saturated carbocycles. The molecule has 4 rings (SSSR count). The monoisotopic (exact) mass is 390 g/mol. The largest absolute Gasteiger partial charge is 0.384 e. The Kier molecular flexibility index (Phi) is 5.34. The Hall–Kier alpha value is -3.20. The minimum absolute atomic E-state index is 0.144. The molecule has 8 heteroatoms. The minimum Gasteiger partial charge on any atom is -0.384 e. The first-order valence-electron chi connectivity index (χ1n) is 8.99. The molecule has 0 unspecified atom stereocenters. The highest BCUT2D eigenvalue weighted by molar-refractivity contribution is 7.13. The van der Waals surface area contributed by atoms with Crippen molar-refractivity contribution in [1.29, 1.82) is 5.26 Å². The van der Waals surface area contributed by atoms with Crippen molar-refractivity contribution in [3.8, 4) is 28.5 Å². The highest BCUT2D eigenvalue weighted by Crippen LogP contribution is 2.29. The van der Waals surface area contributed by atoms with E-state index in [-0.39, 0.29) is 12.6 Å². The van der Waals surface area contributed by atoms with Gasteiger partial charge < -0.3 is 10.0 Å². The number of aliphatic hydroxyl groups is 1. The van der Waals surface area contributed by atoms with Gasteiger partial charge in [-0.25, -0.2) is 9.67 Å². The number of rotatable bonds is 3. The van der Waals surface area contributed by atoms with Crippen LogP contribution >= 0.6 is 11.3 Å². The summed E-state index contributed by atoms with van der Waals surface area (Å²) in [5.41, 5.74) is 2.32. The van der Waals surface area contributed by atoms with Gasteiger partial charge in [0.1, 0.15) is 24.2 Å². The third-order valence-electron chi connectivity index (χ3n) is 4.72. The first-order chi connectivity index (χ1) is 13.8. The molecule has 1 saturated heterocycles. The maximum absolute atomic E-state index is 9.28. The molecule has 3 aromatic rings. The number of aromatic nitrogens is 4. The van der Waals surface area contributed by atoms with Crippen molar-refractivity contribution >= 4 is 17.2 Å². The Bertz CT molecular complexity index is 1060. The number of thiophene rings is 1. The van der Waals surface area contributed by atoms with E-state index in [1.807, 2.05) is 22.3 Å². The molecule has 1 aliphatic rings. The van der Waals surface area contributed by atoms with Crippen LogP contribution < -0.4 is 4.90 Å². The topological polar surface area (TPSA) is 90.9 Å². The first kappa shape index (κ1) is 18.2. The zero-order valence-electron chi connectivity index (χ0n) is 15.1. The van der Waals surface area contributed by atoms with Gasteiger partial charge in [0.25, 0.3) is 0 Å². The van der Waals surface area contributed by atoms with E-state index in [1.54, 1.807) is 29.7 Å². The van der Waals surface area contributed by atoms with Crippen LogP contribution in [0.4, 0.5) is 5.82 Å². The number of pyridine rings is 1. The number of nitriles is 1. The lowest BCUT2D eigenvalue weighted by atomic mass is 10.0. The number of aliphatic hydroxyl groups excluding tert-OH is 1. The van der Waals surface area contributed by atoms with Gasteiger partial charge in [0, 0.05) is 30.2 Å². The molecule has 7 nitrogen and oxygen atoms in total. The van der Waals surface area contributed by atoms with Gasteiger partial charge in [-0.1, -0.05) is 17.1 Å². The number of anilines is 1. The average molecular weight is 390 g/mol. The zero-order valence-corrected chi connectivity index (χ0v) is 15.9. The molecular formula is C20H18N6OS. The molecule has 0 amide bonds. The predicted molar refractivity (Wildman–Crippen MR) is 107 cm³/mol. The summed E-state index contributed by atoms with van der Waals surface area (Å²) >= 11 is 1.57. The fourth-order valence-corrected chi connectivity index (χ4v) is 4.11. The average Bonchev–Trinajstić information content (AvgIpc) is 3.42. The molecule has 1 N–H and O–H groups in total. The van der Waals surface area contributed by atoms with Crippen LogP contribution in [0.2, 0.25) is 0 Å². The van der Waals surface area contributed by atoms with Gasteiger partial charge in [-0.15, -0.1) is 16.4 Å². The number of nitrogens with zero attached hydrogens (tertiary/aromatic N) is 6. The molecule has 4 heterocycles. The van der Waals surface area contributed by atoms with Crippen molar-refractivity contribution in [3.63, 3.8) is 0 Å². The quantitative estimate of drug-likeness (QED) is 0.691. The van der Waals surface area contributed by atoms with Crippen LogP contribution in [-0.2, 0) is 0 Å². The lowest BCUT2D eigenvalue weighted by molar-refractivity contribution is 0.350. The van der Waals surface area contributed by atoms with Gasteiger partial charge in [0.15, 0.2) is 0 Å².